The van der Waals surface area contributed by atoms with Crippen LogP contribution < -0.4 is 0 Å². The lowest BCUT2D eigenvalue weighted by molar-refractivity contribution is -0.191. The number of hydrogen-bond donors (Lipinski definition) is 1. The van der Waals surface area contributed by atoms with Crippen molar-refractivity contribution in [3.63, 3.8) is 0 Å². The second kappa shape index (κ2) is 7.04. The predicted molar refractivity (Wildman–Crippen MR) is 108 cm³/mol. The van der Waals surface area contributed by atoms with Gasteiger partial charge in [0.05, 0.1) is 0 Å². The standard InChI is InChI=1S/C24H34O5/c1-4-21(28)29-24(20(27)14-25)12-9-19-17-6-5-15-13-16(26)7-10-22(15,2)18(17)8-11-23(19,24)3/h13,17-19,25H,4-12,14H2,1-3H3/t17?,18?,19?,22?,23?,24-/m0/s1. The first-order chi connectivity index (χ1) is 13.7. The number of allylic oxidation sites excluding steroid dienone is 1. The highest BCUT2D eigenvalue weighted by Crippen LogP contribution is 2.68. The van der Waals surface area contributed by atoms with Crippen molar-refractivity contribution in [1.29, 1.82) is 0 Å². The molecular weight excluding hydrogens is 368 g/mol. The molecule has 4 aliphatic carbocycles. The molecule has 5 unspecified atom stereocenters. The summed E-state index contributed by atoms with van der Waals surface area (Å²) in [6.07, 6.45) is 8.84. The van der Waals surface area contributed by atoms with Gasteiger partial charge in [-0.3, -0.25) is 14.4 Å². The number of Topliss-reactive ketones (excluding diaryl/α,β-unsaturated/α-hetero) is 1. The maximum absolute atomic E-state index is 13.0. The minimum atomic E-state index is -1.19. The van der Waals surface area contributed by atoms with Gasteiger partial charge >= 0.3 is 5.97 Å². The predicted octanol–water partition coefficient (Wildman–Crippen LogP) is 3.77. The molecular formula is C24H34O5. The van der Waals surface area contributed by atoms with E-state index in [1.54, 1.807) is 6.92 Å². The van der Waals surface area contributed by atoms with Crippen molar-refractivity contribution in [1.82, 2.24) is 0 Å². The van der Waals surface area contributed by atoms with Gasteiger partial charge in [-0.15, -0.1) is 0 Å². The highest BCUT2D eigenvalue weighted by molar-refractivity contribution is 5.92. The molecule has 5 nitrogen and oxygen atoms in total. The first-order valence-electron chi connectivity index (χ1n) is 11.3. The molecule has 0 aromatic carbocycles. The number of carbonyl (C=O) groups is 3. The maximum atomic E-state index is 13.0. The quantitative estimate of drug-likeness (QED) is 0.724. The van der Waals surface area contributed by atoms with Gasteiger partial charge in [0, 0.05) is 18.3 Å². The van der Waals surface area contributed by atoms with E-state index in [1.807, 2.05) is 6.08 Å². The van der Waals surface area contributed by atoms with Crippen LogP contribution in [0.25, 0.3) is 0 Å². The molecule has 0 aromatic rings. The van der Waals surface area contributed by atoms with Gasteiger partial charge in [0.2, 0.25) is 5.78 Å². The van der Waals surface area contributed by atoms with E-state index in [1.165, 1.54) is 5.57 Å². The molecule has 0 amide bonds. The molecule has 4 rings (SSSR count). The molecule has 0 aliphatic heterocycles. The molecule has 0 heterocycles. The van der Waals surface area contributed by atoms with Gasteiger partial charge in [-0.25, -0.2) is 0 Å². The number of esters is 1. The van der Waals surface area contributed by atoms with Gasteiger partial charge in [0.15, 0.2) is 11.4 Å². The van der Waals surface area contributed by atoms with Crippen LogP contribution in [0.1, 0.15) is 78.6 Å². The topological polar surface area (TPSA) is 80.7 Å². The van der Waals surface area contributed by atoms with Gasteiger partial charge in [-0.1, -0.05) is 26.3 Å². The number of fused-ring (bicyclic) bond motifs is 5. The molecule has 4 aliphatic rings. The SMILES string of the molecule is CCC(=O)O[C@]1(C(=O)CO)CCC2C3CCC4=CC(=O)CCC4(C)C3CCC21C. The number of aliphatic hydroxyl groups excluding tert-OH is 1. The third-order valence-corrected chi connectivity index (χ3v) is 9.25. The van der Waals surface area contributed by atoms with Gasteiger partial charge in [0.1, 0.15) is 6.61 Å². The lowest BCUT2D eigenvalue weighted by Gasteiger charge is -2.59. The number of ketones is 2. The van der Waals surface area contributed by atoms with Crippen molar-refractivity contribution in [2.45, 2.75) is 84.2 Å². The van der Waals surface area contributed by atoms with Crippen molar-refractivity contribution >= 4 is 17.5 Å². The monoisotopic (exact) mass is 402 g/mol. The highest BCUT2D eigenvalue weighted by atomic mass is 16.6. The first kappa shape index (κ1) is 20.8. The van der Waals surface area contributed by atoms with Crippen LogP contribution >= 0.6 is 0 Å². The summed E-state index contributed by atoms with van der Waals surface area (Å²) >= 11 is 0. The van der Waals surface area contributed by atoms with Crippen LogP contribution in [0.5, 0.6) is 0 Å². The highest BCUT2D eigenvalue weighted by Gasteiger charge is 2.68. The fourth-order valence-electron chi connectivity index (χ4n) is 7.63. The summed E-state index contributed by atoms with van der Waals surface area (Å²) < 4.78 is 5.89. The second-order valence-corrected chi connectivity index (χ2v) is 10.2. The Labute approximate surface area is 173 Å². The van der Waals surface area contributed by atoms with Crippen molar-refractivity contribution < 1.29 is 24.2 Å². The van der Waals surface area contributed by atoms with E-state index >= 15 is 0 Å². The molecule has 0 spiro atoms. The van der Waals surface area contributed by atoms with Gasteiger partial charge in [-0.2, -0.15) is 0 Å². The Kier molecular flexibility index (Phi) is 5.04. The molecule has 29 heavy (non-hydrogen) atoms. The molecule has 0 bridgehead atoms. The van der Waals surface area contributed by atoms with Crippen LogP contribution in [-0.2, 0) is 19.1 Å². The summed E-state index contributed by atoms with van der Waals surface area (Å²) in [6.45, 7) is 5.61. The third-order valence-electron chi connectivity index (χ3n) is 9.25. The molecule has 6 atom stereocenters. The van der Waals surface area contributed by atoms with Gasteiger partial charge < -0.3 is 9.84 Å². The molecule has 3 fully saturated rings. The first-order valence-corrected chi connectivity index (χ1v) is 11.3. The molecule has 160 valence electrons. The van der Waals surface area contributed by atoms with E-state index in [2.05, 4.69) is 13.8 Å². The van der Waals surface area contributed by atoms with Crippen LogP contribution in [-0.4, -0.2) is 34.9 Å². The van der Waals surface area contributed by atoms with Crippen molar-refractivity contribution in [3.05, 3.63) is 11.6 Å². The average molecular weight is 403 g/mol. The summed E-state index contributed by atoms with van der Waals surface area (Å²) in [7, 11) is 0. The zero-order valence-electron chi connectivity index (χ0n) is 18.0. The van der Waals surface area contributed by atoms with Gasteiger partial charge in [-0.05, 0) is 74.2 Å². The van der Waals surface area contributed by atoms with E-state index < -0.39 is 17.6 Å². The Hall–Kier alpha value is -1.49. The number of ether oxygens (including phenoxy) is 1. The van der Waals surface area contributed by atoms with Crippen molar-refractivity contribution in [2.75, 3.05) is 6.61 Å². The number of aliphatic hydroxyl groups is 1. The average Bonchev–Trinajstić information content (AvgIpc) is 3.01. The maximum Gasteiger partial charge on any atom is 0.306 e. The number of rotatable bonds is 4. The molecule has 1 N–H and O–H groups in total. The van der Waals surface area contributed by atoms with Gasteiger partial charge in [0.25, 0.3) is 0 Å². The normalized spacial score (nSPS) is 43.7. The summed E-state index contributed by atoms with van der Waals surface area (Å²) in [6, 6.07) is 0. The van der Waals surface area contributed by atoms with Crippen molar-refractivity contribution in [3.8, 4) is 0 Å². The fourth-order valence-corrected chi connectivity index (χ4v) is 7.63. The molecule has 0 saturated heterocycles. The van der Waals surface area contributed by atoms with Crippen LogP contribution in [0, 0.1) is 28.6 Å². The Morgan fingerprint density at radius 3 is 2.52 bits per heavy atom. The number of carbonyl (C=O) groups excluding carboxylic acids is 3. The largest absolute Gasteiger partial charge is 0.450 e. The lowest BCUT2D eigenvalue weighted by Crippen LogP contribution is -2.59. The zero-order chi connectivity index (χ0) is 21.0. The van der Waals surface area contributed by atoms with E-state index in [9.17, 15) is 19.5 Å². The van der Waals surface area contributed by atoms with E-state index in [4.69, 9.17) is 4.74 Å². The smallest absolute Gasteiger partial charge is 0.306 e. The molecule has 0 radical (unpaired) electrons. The van der Waals surface area contributed by atoms with Crippen LogP contribution in [0.15, 0.2) is 11.6 Å². The van der Waals surface area contributed by atoms with Crippen molar-refractivity contribution in [2.24, 2.45) is 28.6 Å². The fraction of sp³-hybridized carbons (Fsp3) is 0.792. The second-order valence-electron chi connectivity index (χ2n) is 10.2. The lowest BCUT2D eigenvalue weighted by atomic mass is 9.46. The van der Waals surface area contributed by atoms with Crippen LogP contribution in [0.2, 0.25) is 0 Å². The third kappa shape index (κ3) is 2.79. The molecule has 0 aromatic heterocycles. The summed E-state index contributed by atoms with van der Waals surface area (Å²) in [5.41, 5.74) is -0.221. The number of hydrogen-bond acceptors (Lipinski definition) is 5. The summed E-state index contributed by atoms with van der Waals surface area (Å²) in [5, 5.41) is 9.72. The zero-order valence-corrected chi connectivity index (χ0v) is 18.0. The minimum absolute atomic E-state index is 0.0739. The Bertz CT molecular complexity index is 769. The minimum Gasteiger partial charge on any atom is -0.450 e. The Morgan fingerprint density at radius 2 is 1.83 bits per heavy atom. The molecule has 5 heteroatoms. The molecule has 3 saturated carbocycles. The Balaban J connectivity index is 1.69. The van der Waals surface area contributed by atoms with E-state index in [-0.39, 0.29) is 29.4 Å². The Morgan fingerprint density at radius 1 is 1.10 bits per heavy atom. The van der Waals surface area contributed by atoms with E-state index in [0.717, 1.165) is 38.5 Å². The van der Waals surface area contributed by atoms with Crippen LogP contribution in [0.3, 0.4) is 0 Å². The summed E-state index contributed by atoms with van der Waals surface area (Å²) in [5.74, 6) is 0.846. The van der Waals surface area contributed by atoms with Crippen LogP contribution in [0.4, 0.5) is 0 Å². The van der Waals surface area contributed by atoms with E-state index in [0.29, 0.717) is 30.6 Å². The summed E-state index contributed by atoms with van der Waals surface area (Å²) in [4.78, 5) is 37.2.